The third-order valence-electron chi connectivity index (χ3n) is 3.26. The number of rotatable bonds is 1. The first-order valence-corrected chi connectivity index (χ1v) is 5.75. The van der Waals surface area contributed by atoms with Crippen molar-refractivity contribution in [1.82, 2.24) is 14.9 Å². The fraction of sp³-hybridized carbons (Fsp3) is 0.333. The molecule has 4 nitrogen and oxygen atoms in total. The third kappa shape index (κ3) is 1.99. The summed E-state index contributed by atoms with van der Waals surface area (Å²) >= 11 is 0. The highest BCUT2D eigenvalue weighted by molar-refractivity contribution is 5.78. The quantitative estimate of drug-likeness (QED) is 0.854. The average Bonchev–Trinajstić information content (AvgIpc) is 2.29. The molecule has 2 aromatic rings. The minimum Gasteiger partial charge on any atom is -0.313 e. The van der Waals surface area contributed by atoms with Gasteiger partial charge in [0.15, 0.2) is 0 Å². The van der Waals surface area contributed by atoms with E-state index in [9.17, 15) is 18.0 Å². The van der Waals surface area contributed by atoms with Crippen LogP contribution in [-0.2, 0) is 6.18 Å². The molecule has 1 aliphatic rings. The highest BCUT2D eigenvalue weighted by atomic mass is 19.4. The number of hydrogen-bond acceptors (Lipinski definition) is 3. The van der Waals surface area contributed by atoms with Crippen LogP contribution < -0.4 is 10.9 Å². The van der Waals surface area contributed by atoms with E-state index in [1.54, 1.807) is 0 Å². The Balaban J connectivity index is 2.15. The Morgan fingerprint density at radius 3 is 2.63 bits per heavy atom. The zero-order valence-corrected chi connectivity index (χ0v) is 9.74. The van der Waals surface area contributed by atoms with Crippen molar-refractivity contribution < 1.29 is 13.2 Å². The van der Waals surface area contributed by atoms with Gasteiger partial charge in [0.25, 0.3) is 5.56 Å². The van der Waals surface area contributed by atoms with Gasteiger partial charge in [-0.25, -0.2) is 4.98 Å². The molecule has 0 atom stereocenters. The summed E-state index contributed by atoms with van der Waals surface area (Å²) in [6.45, 7) is 1.35. The largest absolute Gasteiger partial charge is 0.416 e. The summed E-state index contributed by atoms with van der Waals surface area (Å²) in [5, 5.41) is 3.24. The molecule has 7 heteroatoms. The first kappa shape index (κ1) is 12.2. The number of benzene rings is 1. The number of nitrogens with zero attached hydrogens (tertiary/aromatic N) is 2. The number of hydrogen-bond donors (Lipinski definition) is 1. The van der Waals surface area contributed by atoms with Crippen LogP contribution >= 0.6 is 0 Å². The average molecular weight is 269 g/mol. The molecule has 3 rings (SSSR count). The number of fused-ring (bicyclic) bond motifs is 1. The molecular formula is C12H10F3N3O. The van der Waals surface area contributed by atoms with Crippen LogP contribution in [0.4, 0.5) is 13.2 Å². The third-order valence-corrected chi connectivity index (χ3v) is 3.26. The molecule has 1 N–H and O–H groups in total. The molecule has 19 heavy (non-hydrogen) atoms. The number of aromatic nitrogens is 2. The topological polar surface area (TPSA) is 46.9 Å². The van der Waals surface area contributed by atoms with Crippen molar-refractivity contribution in [3.05, 3.63) is 40.4 Å². The lowest BCUT2D eigenvalue weighted by Gasteiger charge is -2.28. The lowest BCUT2D eigenvalue weighted by molar-refractivity contribution is -0.137. The van der Waals surface area contributed by atoms with Crippen molar-refractivity contribution in [3.8, 4) is 0 Å². The molecule has 1 aromatic carbocycles. The summed E-state index contributed by atoms with van der Waals surface area (Å²) in [6.07, 6.45) is -3.11. The van der Waals surface area contributed by atoms with Gasteiger partial charge in [-0.2, -0.15) is 13.2 Å². The zero-order chi connectivity index (χ0) is 13.6. The van der Waals surface area contributed by atoms with Gasteiger partial charge < -0.3 is 5.32 Å². The van der Waals surface area contributed by atoms with Gasteiger partial charge in [0.05, 0.1) is 28.8 Å². The lowest BCUT2D eigenvalue weighted by Crippen LogP contribution is -2.46. The Labute approximate surface area is 105 Å². The minimum atomic E-state index is -4.43. The van der Waals surface area contributed by atoms with Crippen LogP contribution in [0.2, 0.25) is 0 Å². The van der Waals surface area contributed by atoms with E-state index < -0.39 is 11.7 Å². The van der Waals surface area contributed by atoms with Gasteiger partial charge in [-0.05, 0) is 18.2 Å². The molecule has 2 heterocycles. The Morgan fingerprint density at radius 2 is 2.05 bits per heavy atom. The summed E-state index contributed by atoms with van der Waals surface area (Å²) in [5.74, 6) is 0. The Kier molecular flexibility index (Phi) is 2.60. The highest BCUT2D eigenvalue weighted by Gasteiger charge is 2.31. The summed E-state index contributed by atoms with van der Waals surface area (Å²) in [4.78, 5) is 16.1. The smallest absolute Gasteiger partial charge is 0.313 e. The normalized spacial score (nSPS) is 16.6. The molecule has 0 spiro atoms. The van der Waals surface area contributed by atoms with Crippen LogP contribution in [0.1, 0.15) is 11.6 Å². The first-order valence-electron chi connectivity index (χ1n) is 5.75. The van der Waals surface area contributed by atoms with Crippen molar-refractivity contribution in [3.63, 3.8) is 0 Å². The van der Waals surface area contributed by atoms with E-state index in [4.69, 9.17) is 0 Å². The van der Waals surface area contributed by atoms with Gasteiger partial charge >= 0.3 is 6.18 Å². The Morgan fingerprint density at radius 1 is 1.32 bits per heavy atom. The maximum Gasteiger partial charge on any atom is 0.416 e. The van der Waals surface area contributed by atoms with Gasteiger partial charge in [0.1, 0.15) is 0 Å². The number of nitrogens with one attached hydrogen (secondary N) is 1. The zero-order valence-electron chi connectivity index (χ0n) is 9.74. The second-order valence-corrected chi connectivity index (χ2v) is 4.50. The van der Waals surface area contributed by atoms with Crippen LogP contribution in [0, 0.1) is 0 Å². The van der Waals surface area contributed by atoms with E-state index in [-0.39, 0.29) is 22.5 Å². The van der Waals surface area contributed by atoms with Crippen molar-refractivity contribution in [2.24, 2.45) is 0 Å². The van der Waals surface area contributed by atoms with E-state index in [0.717, 1.165) is 12.1 Å². The van der Waals surface area contributed by atoms with E-state index in [2.05, 4.69) is 10.3 Å². The van der Waals surface area contributed by atoms with Crippen LogP contribution in [0.5, 0.6) is 0 Å². The Hall–Kier alpha value is -1.89. The summed E-state index contributed by atoms with van der Waals surface area (Å²) in [7, 11) is 0. The standard InChI is InChI=1S/C12H10F3N3O/c13-12(14,15)7-1-2-9-10(3-7)17-6-18(11(9)19)8-4-16-5-8/h1-3,6,8,16H,4-5H2. The minimum absolute atomic E-state index is 0.0340. The van der Waals surface area contributed by atoms with Crippen LogP contribution in [0.15, 0.2) is 29.3 Å². The summed E-state index contributed by atoms with van der Waals surface area (Å²) < 4.78 is 39.2. The predicted octanol–water partition coefficient (Wildman–Crippen LogP) is 1.56. The molecule has 0 bridgehead atoms. The summed E-state index contributed by atoms with van der Waals surface area (Å²) in [6, 6.07) is 3.04. The van der Waals surface area contributed by atoms with Crippen molar-refractivity contribution in [2.45, 2.75) is 12.2 Å². The van der Waals surface area contributed by atoms with Crippen LogP contribution in [0.25, 0.3) is 10.9 Å². The molecule has 100 valence electrons. The molecule has 0 aliphatic carbocycles. The van der Waals surface area contributed by atoms with E-state index in [1.165, 1.54) is 17.0 Å². The monoisotopic (exact) mass is 269 g/mol. The molecule has 1 fully saturated rings. The second-order valence-electron chi connectivity index (χ2n) is 4.50. The first-order chi connectivity index (χ1) is 8.97. The fourth-order valence-electron chi connectivity index (χ4n) is 2.04. The molecule has 0 amide bonds. The van der Waals surface area contributed by atoms with Crippen LogP contribution in [0.3, 0.4) is 0 Å². The predicted molar refractivity (Wildman–Crippen MR) is 62.9 cm³/mol. The van der Waals surface area contributed by atoms with Gasteiger partial charge in [0, 0.05) is 13.1 Å². The van der Waals surface area contributed by atoms with E-state index >= 15 is 0 Å². The maximum atomic E-state index is 12.6. The number of halogens is 3. The SMILES string of the molecule is O=c1c2ccc(C(F)(F)F)cc2ncn1C1CNC1. The molecule has 1 aliphatic heterocycles. The van der Waals surface area contributed by atoms with E-state index in [1.807, 2.05) is 0 Å². The van der Waals surface area contributed by atoms with Crippen molar-refractivity contribution in [1.29, 1.82) is 0 Å². The van der Waals surface area contributed by atoms with Gasteiger partial charge in [-0.3, -0.25) is 9.36 Å². The second kappa shape index (κ2) is 4.06. The molecule has 0 saturated carbocycles. The highest BCUT2D eigenvalue weighted by Crippen LogP contribution is 2.30. The van der Waals surface area contributed by atoms with Crippen LogP contribution in [-0.4, -0.2) is 22.6 Å². The molecule has 0 radical (unpaired) electrons. The number of alkyl halides is 3. The summed E-state index contributed by atoms with van der Waals surface area (Å²) in [5.41, 5.74) is -1.02. The van der Waals surface area contributed by atoms with E-state index in [0.29, 0.717) is 13.1 Å². The van der Waals surface area contributed by atoms with Crippen molar-refractivity contribution in [2.75, 3.05) is 13.1 Å². The van der Waals surface area contributed by atoms with Gasteiger partial charge in [0.2, 0.25) is 0 Å². The molecule has 0 unspecified atom stereocenters. The fourth-order valence-corrected chi connectivity index (χ4v) is 2.04. The van der Waals surface area contributed by atoms with Gasteiger partial charge in [-0.15, -0.1) is 0 Å². The maximum absolute atomic E-state index is 12.6. The molecule has 1 saturated heterocycles. The van der Waals surface area contributed by atoms with Gasteiger partial charge in [-0.1, -0.05) is 0 Å². The lowest BCUT2D eigenvalue weighted by atomic mass is 10.1. The Bertz CT molecular complexity index is 689. The molecule has 1 aromatic heterocycles. The van der Waals surface area contributed by atoms with Crippen molar-refractivity contribution >= 4 is 10.9 Å². The molecular weight excluding hydrogens is 259 g/mol.